The molecule has 1 aromatic heterocycles. The number of nitrogens with two attached hydrogens (primary N) is 1. The van der Waals surface area contributed by atoms with Gasteiger partial charge < -0.3 is 4.42 Å². The summed E-state index contributed by atoms with van der Waals surface area (Å²) in [5.41, 5.74) is 0. The topological polar surface area (TPSA) is 73.3 Å². The average molecular weight is 193 g/mol. The van der Waals surface area contributed by atoms with E-state index in [0.717, 1.165) is 0 Å². The van der Waals surface area contributed by atoms with Crippen LogP contribution in [-0.4, -0.2) is 8.42 Å². The van der Waals surface area contributed by atoms with Crippen molar-refractivity contribution in [2.75, 3.05) is 0 Å². The van der Waals surface area contributed by atoms with E-state index in [4.69, 9.17) is 9.56 Å². The van der Waals surface area contributed by atoms with Gasteiger partial charge in [-0.25, -0.2) is 13.6 Å². The Bertz CT molecular complexity index is 340. The van der Waals surface area contributed by atoms with Crippen LogP contribution in [0.3, 0.4) is 0 Å². The van der Waals surface area contributed by atoms with Gasteiger partial charge in [-0.2, -0.15) is 12.6 Å². The van der Waals surface area contributed by atoms with Gasteiger partial charge >= 0.3 is 0 Å². The monoisotopic (exact) mass is 193 g/mol. The Morgan fingerprint density at radius 2 is 2.18 bits per heavy atom. The fourth-order valence-corrected chi connectivity index (χ4v) is 1.25. The number of furan rings is 1. The van der Waals surface area contributed by atoms with Crippen molar-refractivity contribution in [3.8, 4) is 0 Å². The fraction of sp³-hybridized carbons (Fsp3) is 0.200. The molecule has 1 heterocycles. The third-order valence-electron chi connectivity index (χ3n) is 1.07. The van der Waals surface area contributed by atoms with Crippen molar-refractivity contribution in [1.29, 1.82) is 0 Å². The molecule has 0 aliphatic rings. The summed E-state index contributed by atoms with van der Waals surface area (Å²) in [5.74, 6) is 0.840. The van der Waals surface area contributed by atoms with E-state index in [9.17, 15) is 8.42 Å². The molecule has 6 heteroatoms. The van der Waals surface area contributed by atoms with Crippen LogP contribution in [0.15, 0.2) is 21.6 Å². The zero-order valence-electron chi connectivity index (χ0n) is 5.52. The summed E-state index contributed by atoms with van der Waals surface area (Å²) in [4.78, 5) is 0. The second-order valence-corrected chi connectivity index (χ2v) is 3.73. The molecule has 0 aliphatic heterocycles. The number of primary sulfonamides is 1. The molecule has 4 nitrogen and oxygen atoms in total. The minimum absolute atomic E-state index is 0.221. The molecule has 0 amide bonds. The highest BCUT2D eigenvalue weighted by Gasteiger charge is 2.11. The molecule has 11 heavy (non-hydrogen) atoms. The van der Waals surface area contributed by atoms with Gasteiger partial charge in [0.25, 0.3) is 10.0 Å². The van der Waals surface area contributed by atoms with Crippen molar-refractivity contribution < 1.29 is 12.8 Å². The standard InChI is InChI=1S/C5H7NO3S2/c6-11(7,8)5-2-1-4(3-10)9-5/h1-2,10H,3H2,(H2,6,7,8). The molecule has 0 aromatic carbocycles. The largest absolute Gasteiger partial charge is 0.447 e. The van der Waals surface area contributed by atoms with Crippen LogP contribution in [0.4, 0.5) is 0 Å². The highest BCUT2D eigenvalue weighted by molar-refractivity contribution is 7.89. The highest BCUT2D eigenvalue weighted by Crippen LogP contribution is 2.13. The Balaban J connectivity index is 3.09. The fourth-order valence-electron chi connectivity index (χ4n) is 0.596. The van der Waals surface area contributed by atoms with Crippen LogP contribution in [0.1, 0.15) is 5.76 Å². The molecule has 0 saturated carbocycles. The van der Waals surface area contributed by atoms with Gasteiger partial charge in [0, 0.05) is 5.75 Å². The second-order valence-electron chi connectivity index (χ2n) is 1.92. The van der Waals surface area contributed by atoms with E-state index in [0.29, 0.717) is 11.5 Å². The molecule has 2 N–H and O–H groups in total. The zero-order valence-corrected chi connectivity index (χ0v) is 7.23. The maximum Gasteiger partial charge on any atom is 0.271 e. The number of hydrogen-bond acceptors (Lipinski definition) is 4. The van der Waals surface area contributed by atoms with Gasteiger partial charge in [0.1, 0.15) is 5.76 Å². The molecular formula is C5H7NO3S2. The minimum Gasteiger partial charge on any atom is -0.447 e. The van der Waals surface area contributed by atoms with Crippen LogP contribution < -0.4 is 5.14 Å². The Hall–Kier alpha value is -0.460. The smallest absolute Gasteiger partial charge is 0.271 e. The van der Waals surface area contributed by atoms with E-state index >= 15 is 0 Å². The third-order valence-corrected chi connectivity index (χ3v) is 2.17. The van der Waals surface area contributed by atoms with Crippen LogP contribution in [-0.2, 0) is 15.8 Å². The Morgan fingerprint density at radius 1 is 1.55 bits per heavy atom. The van der Waals surface area contributed by atoms with Gasteiger partial charge in [0.15, 0.2) is 0 Å². The van der Waals surface area contributed by atoms with Crippen molar-refractivity contribution >= 4 is 22.7 Å². The Morgan fingerprint density at radius 3 is 2.45 bits per heavy atom. The predicted octanol–water partition coefficient (Wildman–Crippen LogP) is 0.357. The zero-order chi connectivity index (χ0) is 8.48. The summed E-state index contributed by atoms with van der Waals surface area (Å²) in [6, 6.07) is 2.83. The lowest BCUT2D eigenvalue weighted by Crippen LogP contribution is -2.10. The van der Waals surface area contributed by atoms with E-state index in [1.165, 1.54) is 12.1 Å². The van der Waals surface area contributed by atoms with E-state index < -0.39 is 10.0 Å². The first kappa shape index (κ1) is 8.63. The summed E-state index contributed by atoms with van der Waals surface area (Å²) in [7, 11) is -3.69. The normalized spacial score (nSPS) is 11.8. The van der Waals surface area contributed by atoms with Crippen LogP contribution in [0.5, 0.6) is 0 Å². The molecule has 0 atom stereocenters. The second kappa shape index (κ2) is 2.88. The molecule has 1 aromatic rings. The highest BCUT2D eigenvalue weighted by atomic mass is 32.2. The van der Waals surface area contributed by atoms with Gasteiger partial charge in [-0.05, 0) is 12.1 Å². The minimum atomic E-state index is -3.69. The van der Waals surface area contributed by atoms with Crippen LogP contribution in [0.2, 0.25) is 0 Å². The number of rotatable bonds is 2. The van der Waals surface area contributed by atoms with Crippen LogP contribution in [0, 0.1) is 0 Å². The summed E-state index contributed by atoms with van der Waals surface area (Å²) >= 11 is 3.89. The molecule has 0 fully saturated rings. The Labute approximate surface area is 69.8 Å². The molecule has 0 unspecified atom stereocenters. The van der Waals surface area contributed by atoms with Gasteiger partial charge in [0.05, 0.1) is 0 Å². The number of hydrogen-bond donors (Lipinski definition) is 2. The first-order chi connectivity index (χ1) is 5.04. The molecule has 0 aliphatic carbocycles. The molecular weight excluding hydrogens is 186 g/mol. The van der Waals surface area contributed by atoms with Crippen molar-refractivity contribution in [2.45, 2.75) is 10.8 Å². The molecule has 1 rings (SSSR count). The summed E-state index contributed by atoms with van der Waals surface area (Å²) in [6.07, 6.45) is 0. The predicted molar refractivity (Wildman–Crippen MR) is 42.8 cm³/mol. The first-order valence-corrected chi connectivity index (χ1v) is 4.94. The lowest BCUT2D eigenvalue weighted by Gasteiger charge is -1.89. The van der Waals surface area contributed by atoms with E-state index in [1.807, 2.05) is 0 Å². The van der Waals surface area contributed by atoms with Crippen molar-refractivity contribution in [3.05, 3.63) is 17.9 Å². The molecule has 0 radical (unpaired) electrons. The van der Waals surface area contributed by atoms with E-state index in [-0.39, 0.29) is 5.09 Å². The van der Waals surface area contributed by atoms with Crippen molar-refractivity contribution in [3.63, 3.8) is 0 Å². The summed E-state index contributed by atoms with van der Waals surface area (Å²) in [5, 5.41) is 4.56. The van der Waals surface area contributed by atoms with Gasteiger partial charge in [-0.15, -0.1) is 0 Å². The van der Waals surface area contributed by atoms with Crippen LogP contribution in [0.25, 0.3) is 0 Å². The molecule has 0 saturated heterocycles. The lowest BCUT2D eigenvalue weighted by atomic mass is 10.5. The first-order valence-electron chi connectivity index (χ1n) is 2.76. The lowest BCUT2D eigenvalue weighted by molar-refractivity contribution is 0.427. The molecule has 0 bridgehead atoms. The van der Waals surface area contributed by atoms with E-state index in [1.54, 1.807) is 0 Å². The van der Waals surface area contributed by atoms with Gasteiger partial charge in [0.2, 0.25) is 5.09 Å². The van der Waals surface area contributed by atoms with Crippen molar-refractivity contribution in [1.82, 2.24) is 0 Å². The maximum absolute atomic E-state index is 10.6. The maximum atomic E-state index is 10.6. The molecule has 0 spiro atoms. The van der Waals surface area contributed by atoms with Gasteiger partial charge in [-0.3, -0.25) is 0 Å². The number of sulfonamides is 1. The molecule has 62 valence electrons. The third kappa shape index (κ3) is 1.98. The summed E-state index contributed by atoms with van der Waals surface area (Å²) in [6.45, 7) is 0. The SMILES string of the molecule is NS(=O)(=O)c1ccc(CS)o1. The number of thiol groups is 1. The Kier molecular flexibility index (Phi) is 2.26. The summed E-state index contributed by atoms with van der Waals surface area (Å²) < 4.78 is 26.1. The quantitative estimate of drug-likeness (QED) is 0.666. The average Bonchev–Trinajstić information content (AvgIpc) is 2.32. The van der Waals surface area contributed by atoms with Gasteiger partial charge in [-0.1, -0.05) is 0 Å². The van der Waals surface area contributed by atoms with E-state index in [2.05, 4.69) is 12.6 Å². The van der Waals surface area contributed by atoms with Crippen LogP contribution >= 0.6 is 12.6 Å². The van der Waals surface area contributed by atoms with Crippen molar-refractivity contribution in [2.24, 2.45) is 5.14 Å².